The highest BCUT2D eigenvalue weighted by Gasteiger charge is 2.06. The van der Waals surface area contributed by atoms with Crippen LogP contribution in [0.25, 0.3) is 0 Å². The highest BCUT2D eigenvalue weighted by molar-refractivity contribution is 5.46. The van der Waals surface area contributed by atoms with Crippen LogP contribution in [-0.4, -0.2) is 19.6 Å². The second-order valence-electron chi connectivity index (χ2n) is 5.73. The van der Waals surface area contributed by atoms with Gasteiger partial charge in [0, 0.05) is 18.8 Å². The smallest absolute Gasteiger partial charge is 0.125 e. The maximum absolute atomic E-state index is 13.4. The molecule has 21 heavy (non-hydrogen) atoms. The number of nitrogens with two attached hydrogens (primary N) is 1. The molecular weight excluding hydrogens is 263 g/mol. The summed E-state index contributed by atoms with van der Waals surface area (Å²) in [6.07, 6.45) is 10.1. The summed E-state index contributed by atoms with van der Waals surface area (Å²) >= 11 is 0. The third kappa shape index (κ3) is 8.05. The fourth-order valence-electron chi connectivity index (χ4n) is 2.58. The second-order valence-corrected chi connectivity index (χ2v) is 5.73. The lowest BCUT2D eigenvalue weighted by Crippen LogP contribution is -2.27. The van der Waals surface area contributed by atoms with Crippen molar-refractivity contribution in [3.05, 3.63) is 30.1 Å². The molecule has 0 heterocycles. The highest BCUT2D eigenvalue weighted by atomic mass is 19.1. The Balaban J connectivity index is 2.33. The van der Waals surface area contributed by atoms with Gasteiger partial charge in [-0.25, -0.2) is 4.39 Å². The molecule has 0 aliphatic rings. The number of anilines is 1. The SMILES string of the molecule is CCCCCCCCCN(CCCN)c1cccc(F)c1. The van der Waals surface area contributed by atoms with Gasteiger partial charge < -0.3 is 10.6 Å². The summed E-state index contributed by atoms with van der Waals surface area (Å²) in [6, 6.07) is 6.89. The van der Waals surface area contributed by atoms with E-state index in [0.29, 0.717) is 6.54 Å². The van der Waals surface area contributed by atoms with Crippen LogP contribution in [0.15, 0.2) is 24.3 Å². The van der Waals surface area contributed by atoms with Gasteiger partial charge in [0.05, 0.1) is 0 Å². The zero-order valence-corrected chi connectivity index (χ0v) is 13.5. The maximum atomic E-state index is 13.4. The van der Waals surface area contributed by atoms with E-state index in [2.05, 4.69) is 11.8 Å². The van der Waals surface area contributed by atoms with E-state index in [0.717, 1.165) is 25.2 Å². The monoisotopic (exact) mass is 294 g/mol. The molecule has 0 radical (unpaired) electrons. The standard InChI is InChI=1S/C18H31FN2/c1-2-3-4-5-6-7-8-14-21(15-10-13-20)18-12-9-11-17(19)16-18/h9,11-12,16H,2-8,10,13-15,20H2,1H3. The molecule has 0 saturated heterocycles. The average molecular weight is 294 g/mol. The summed E-state index contributed by atoms with van der Waals surface area (Å²) in [5, 5.41) is 0. The zero-order valence-electron chi connectivity index (χ0n) is 13.5. The molecule has 1 aromatic rings. The largest absolute Gasteiger partial charge is 0.371 e. The van der Waals surface area contributed by atoms with Gasteiger partial charge in [0.1, 0.15) is 5.82 Å². The summed E-state index contributed by atoms with van der Waals surface area (Å²) in [5.41, 5.74) is 6.59. The summed E-state index contributed by atoms with van der Waals surface area (Å²) in [4.78, 5) is 2.27. The van der Waals surface area contributed by atoms with Gasteiger partial charge >= 0.3 is 0 Å². The number of unbranched alkanes of at least 4 members (excludes halogenated alkanes) is 6. The summed E-state index contributed by atoms with van der Waals surface area (Å²) in [7, 11) is 0. The van der Waals surface area contributed by atoms with E-state index < -0.39 is 0 Å². The first-order chi connectivity index (χ1) is 10.3. The fraction of sp³-hybridized carbons (Fsp3) is 0.667. The van der Waals surface area contributed by atoms with Crippen LogP contribution in [0.4, 0.5) is 10.1 Å². The lowest BCUT2D eigenvalue weighted by atomic mass is 10.1. The van der Waals surface area contributed by atoms with E-state index in [4.69, 9.17) is 5.73 Å². The van der Waals surface area contributed by atoms with Crippen LogP contribution in [0, 0.1) is 5.82 Å². The van der Waals surface area contributed by atoms with Gasteiger partial charge in [-0.2, -0.15) is 0 Å². The minimum Gasteiger partial charge on any atom is -0.371 e. The lowest BCUT2D eigenvalue weighted by molar-refractivity contribution is 0.579. The van der Waals surface area contributed by atoms with Crippen molar-refractivity contribution in [1.82, 2.24) is 0 Å². The number of rotatable bonds is 12. The van der Waals surface area contributed by atoms with Crippen molar-refractivity contribution in [1.29, 1.82) is 0 Å². The summed E-state index contributed by atoms with van der Waals surface area (Å²) in [6.45, 7) is 4.84. The first kappa shape index (κ1) is 18.0. The Hall–Kier alpha value is -1.09. The second kappa shape index (κ2) is 11.6. The van der Waals surface area contributed by atoms with Crippen LogP contribution in [0.3, 0.4) is 0 Å². The molecule has 0 spiro atoms. The minimum absolute atomic E-state index is 0.162. The first-order valence-corrected chi connectivity index (χ1v) is 8.48. The molecule has 0 unspecified atom stereocenters. The van der Waals surface area contributed by atoms with Crippen LogP contribution in [0.2, 0.25) is 0 Å². The van der Waals surface area contributed by atoms with Gasteiger partial charge in [-0.3, -0.25) is 0 Å². The third-order valence-corrected chi connectivity index (χ3v) is 3.84. The number of halogens is 1. The van der Waals surface area contributed by atoms with E-state index in [-0.39, 0.29) is 5.82 Å². The normalized spacial score (nSPS) is 10.8. The molecule has 0 fully saturated rings. The van der Waals surface area contributed by atoms with Crippen molar-refractivity contribution < 1.29 is 4.39 Å². The molecule has 0 aliphatic carbocycles. The fourth-order valence-corrected chi connectivity index (χ4v) is 2.58. The molecule has 3 heteroatoms. The maximum Gasteiger partial charge on any atom is 0.125 e. The highest BCUT2D eigenvalue weighted by Crippen LogP contribution is 2.17. The van der Waals surface area contributed by atoms with Crippen LogP contribution in [0.1, 0.15) is 58.3 Å². The Bertz CT molecular complexity index is 368. The molecule has 0 amide bonds. The Morgan fingerprint density at radius 3 is 2.29 bits per heavy atom. The molecule has 120 valence electrons. The van der Waals surface area contributed by atoms with Crippen molar-refractivity contribution in [2.45, 2.75) is 58.3 Å². The number of benzene rings is 1. The molecule has 0 aromatic heterocycles. The molecule has 0 saturated carbocycles. The lowest BCUT2D eigenvalue weighted by Gasteiger charge is -2.24. The van der Waals surface area contributed by atoms with Crippen molar-refractivity contribution in [2.75, 3.05) is 24.5 Å². The van der Waals surface area contributed by atoms with Gasteiger partial charge in [0.25, 0.3) is 0 Å². The molecule has 1 rings (SSSR count). The third-order valence-electron chi connectivity index (χ3n) is 3.84. The number of nitrogens with zero attached hydrogens (tertiary/aromatic N) is 1. The molecular formula is C18H31FN2. The van der Waals surface area contributed by atoms with Crippen molar-refractivity contribution in [3.63, 3.8) is 0 Å². The topological polar surface area (TPSA) is 29.3 Å². The van der Waals surface area contributed by atoms with Crippen LogP contribution in [-0.2, 0) is 0 Å². The van der Waals surface area contributed by atoms with Gasteiger partial charge in [-0.15, -0.1) is 0 Å². The van der Waals surface area contributed by atoms with Gasteiger partial charge in [-0.05, 0) is 37.6 Å². The summed E-state index contributed by atoms with van der Waals surface area (Å²) in [5.74, 6) is -0.162. The van der Waals surface area contributed by atoms with Crippen molar-refractivity contribution in [3.8, 4) is 0 Å². The summed E-state index contributed by atoms with van der Waals surface area (Å²) < 4.78 is 13.4. The van der Waals surface area contributed by atoms with Crippen LogP contribution >= 0.6 is 0 Å². The van der Waals surface area contributed by atoms with Gasteiger partial charge in [0.15, 0.2) is 0 Å². The van der Waals surface area contributed by atoms with E-state index in [1.165, 1.54) is 51.0 Å². The van der Waals surface area contributed by atoms with Crippen molar-refractivity contribution >= 4 is 5.69 Å². The predicted molar refractivity (Wildman–Crippen MR) is 90.3 cm³/mol. The van der Waals surface area contributed by atoms with E-state index in [9.17, 15) is 4.39 Å². The van der Waals surface area contributed by atoms with Gasteiger partial charge in [0.2, 0.25) is 0 Å². The Labute approximate surface area is 129 Å². The van der Waals surface area contributed by atoms with Crippen molar-refractivity contribution in [2.24, 2.45) is 5.73 Å². The molecule has 0 aliphatic heterocycles. The van der Waals surface area contributed by atoms with Gasteiger partial charge in [-0.1, -0.05) is 51.5 Å². The minimum atomic E-state index is -0.162. The number of hydrogen-bond acceptors (Lipinski definition) is 2. The van der Waals surface area contributed by atoms with E-state index in [1.807, 2.05) is 6.07 Å². The average Bonchev–Trinajstić information content (AvgIpc) is 2.49. The Kier molecular flexibility index (Phi) is 9.88. The Morgan fingerprint density at radius 2 is 1.62 bits per heavy atom. The van der Waals surface area contributed by atoms with Crippen LogP contribution < -0.4 is 10.6 Å². The van der Waals surface area contributed by atoms with E-state index >= 15 is 0 Å². The quantitative estimate of drug-likeness (QED) is 0.565. The van der Waals surface area contributed by atoms with Crippen LogP contribution in [0.5, 0.6) is 0 Å². The van der Waals surface area contributed by atoms with E-state index in [1.54, 1.807) is 12.1 Å². The zero-order chi connectivity index (χ0) is 15.3. The molecule has 1 aromatic carbocycles. The first-order valence-electron chi connectivity index (χ1n) is 8.48. The molecule has 2 nitrogen and oxygen atoms in total. The molecule has 0 bridgehead atoms. The predicted octanol–water partition coefficient (Wildman–Crippen LogP) is 4.73. The Morgan fingerprint density at radius 1 is 0.952 bits per heavy atom. The number of hydrogen-bond donors (Lipinski definition) is 1. The molecule has 0 atom stereocenters. The molecule has 2 N–H and O–H groups in total.